The Bertz CT molecular complexity index is 127. The second-order valence-electron chi connectivity index (χ2n) is 4.54. The Morgan fingerprint density at radius 1 is 1.46 bits per heavy atom. The molecule has 1 atom stereocenters. The Balaban J connectivity index is 1.89. The lowest BCUT2D eigenvalue weighted by Crippen LogP contribution is -2.37. The lowest BCUT2D eigenvalue weighted by Gasteiger charge is -2.31. The van der Waals surface area contributed by atoms with Gasteiger partial charge < -0.3 is 10.4 Å². The van der Waals surface area contributed by atoms with E-state index in [1.54, 1.807) is 0 Å². The molecule has 78 valence electrons. The van der Waals surface area contributed by atoms with E-state index in [0.717, 1.165) is 37.8 Å². The summed E-state index contributed by atoms with van der Waals surface area (Å²) in [4.78, 5) is 0. The van der Waals surface area contributed by atoms with Gasteiger partial charge in [0.25, 0.3) is 0 Å². The molecule has 0 aliphatic heterocycles. The molecular weight excluding hydrogens is 162 g/mol. The van der Waals surface area contributed by atoms with E-state index in [9.17, 15) is 0 Å². The van der Waals surface area contributed by atoms with Gasteiger partial charge in [0.2, 0.25) is 0 Å². The molecule has 1 rings (SSSR count). The molecule has 0 saturated heterocycles. The average molecular weight is 185 g/mol. The number of nitrogens with one attached hydrogen (secondary N) is 1. The Labute approximate surface area is 81.7 Å². The van der Waals surface area contributed by atoms with Crippen molar-refractivity contribution in [2.45, 2.75) is 45.6 Å². The highest BCUT2D eigenvalue weighted by molar-refractivity contribution is 4.80. The summed E-state index contributed by atoms with van der Waals surface area (Å²) in [5, 5.41) is 12.6. The molecule has 0 aromatic carbocycles. The van der Waals surface area contributed by atoms with Crippen LogP contribution < -0.4 is 5.32 Å². The predicted molar refractivity (Wildman–Crippen MR) is 55.7 cm³/mol. The first-order chi connectivity index (χ1) is 6.22. The summed E-state index contributed by atoms with van der Waals surface area (Å²) in [5.41, 5.74) is 0. The zero-order valence-corrected chi connectivity index (χ0v) is 8.92. The second-order valence-corrected chi connectivity index (χ2v) is 4.54. The summed E-state index contributed by atoms with van der Waals surface area (Å²) in [7, 11) is 0. The quantitative estimate of drug-likeness (QED) is 0.661. The molecule has 1 saturated carbocycles. The van der Waals surface area contributed by atoms with E-state index >= 15 is 0 Å². The van der Waals surface area contributed by atoms with Crippen molar-refractivity contribution in [2.24, 2.45) is 11.8 Å². The molecule has 0 aromatic heterocycles. The van der Waals surface area contributed by atoms with E-state index in [-0.39, 0.29) is 6.10 Å². The van der Waals surface area contributed by atoms with E-state index in [1.807, 2.05) is 0 Å². The van der Waals surface area contributed by atoms with Crippen LogP contribution in [-0.4, -0.2) is 24.3 Å². The van der Waals surface area contributed by atoms with Gasteiger partial charge >= 0.3 is 0 Å². The van der Waals surface area contributed by atoms with Crippen LogP contribution in [0.2, 0.25) is 0 Å². The Morgan fingerprint density at radius 3 is 2.69 bits per heavy atom. The molecule has 2 nitrogen and oxygen atoms in total. The van der Waals surface area contributed by atoms with Crippen LogP contribution in [0, 0.1) is 11.8 Å². The fourth-order valence-electron chi connectivity index (χ4n) is 2.00. The first-order valence-electron chi connectivity index (χ1n) is 5.61. The van der Waals surface area contributed by atoms with Gasteiger partial charge in [0, 0.05) is 0 Å². The van der Waals surface area contributed by atoms with Crippen LogP contribution in [0.1, 0.15) is 39.5 Å². The van der Waals surface area contributed by atoms with Gasteiger partial charge in [-0.15, -0.1) is 0 Å². The summed E-state index contributed by atoms with van der Waals surface area (Å²) >= 11 is 0. The molecule has 0 radical (unpaired) electrons. The largest absolute Gasteiger partial charge is 0.393 e. The number of rotatable bonds is 6. The Kier molecular flexibility index (Phi) is 4.74. The van der Waals surface area contributed by atoms with Crippen molar-refractivity contribution in [3.05, 3.63) is 0 Å². The van der Waals surface area contributed by atoms with Crippen molar-refractivity contribution in [1.82, 2.24) is 5.32 Å². The first kappa shape index (κ1) is 11.0. The average Bonchev–Trinajstić information content (AvgIpc) is 2.01. The van der Waals surface area contributed by atoms with Gasteiger partial charge in [-0.3, -0.25) is 0 Å². The van der Waals surface area contributed by atoms with E-state index in [1.165, 1.54) is 12.8 Å². The third-order valence-electron chi connectivity index (χ3n) is 2.92. The summed E-state index contributed by atoms with van der Waals surface area (Å²) in [6.45, 7) is 6.77. The Morgan fingerprint density at radius 2 is 2.15 bits per heavy atom. The smallest absolute Gasteiger partial charge is 0.0546 e. The number of hydrogen-bond donors (Lipinski definition) is 2. The second kappa shape index (κ2) is 5.61. The molecule has 1 aliphatic carbocycles. The zero-order valence-electron chi connectivity index (χ0n) is 8.92. The summed E-state index contributed by atoms with van der Waals surface area (Å²) in [5.74, 6) is 1.54. The van der Waals surface area contributed by atoms with Gasteiger partial charge in [-0.1, -0.05) is 20.3 Å². The van der Waals surface area contributed by atoms with E-state index in [4.69, 9.17) is 5.11 Å². The van der Waals surface area contributed by atoms with Crippen LogP contribution in [0.3, 0.4) is 0 Å². The van der Waals surface area contributed by atoms with Gasteiger partial charge in [-0.05, 0) is 44.2 Å². The molecule has 2 heteroatoms. The highest BCUT2D eigenvalue weighted by atomic mass is 16.3. The Hall–Kier alpha value is -0.0800. The normalized spacial score (nSPS) is 29.8. The van der Waals surface area contributed by atoms with Crippen LogP contribution in [0.15, 0.2) is 0 Å². The molecule has 0 aromatic rings. The van der Waals surface area contributed by atoms with Crippen molar-refractivity contribution >= 4 is 0 Å². The van der Waals surface area contributed by atoms with E-state index in [2.05, 4.69) is 19.2 Å². The molecule has 0 bridgehead atoms. The zero-order chi connectivity index (χ0) is 9.68. The number of aliphatic hydroxyl groups excluding tert-OH is 1. The molecule has 13 heavy (non-hydrogen) atoms. The van der Waals surface area contributed by atoms with Crippen molar-refractivity contribution in [3.8, 4) is 0 Å². The third kappa shape index (κ3) is 4.10. The molecule has 0 spiro atoms. The van der Waals surface area contributed by atoms with Crippen LogP contribution in [0.4, 0.5) is 0 Å². The first-order valence-corrected chi connectivity index (χ1v) is 5.61. The number of hydrogen-bond acceptors (Lipinski definition) is 2. The van der Waals surface area contributed by atoms with Crippen LogP contribution in [0.25, 0.3) is 0 Å². The molecule has 1 unspecified atom stereocenters. The highest BCUT2D eigenvalue weighted by Gasteiger charge is 2.26. The van der Waals surface area contributed by atoms with Crippen molar-refractivity contribution < 1.29 is 5.11 Å². The third-order valence-corrected chi connectivity index (χ3v) is 2.92. The number of aliphatic hydroxyl groups is 1. The van der Waals surface area contributed by atoms with Gasteiger partial charge in [-0.2, -0.15) is 0 Å². The monoisotopic (exact) mass is 185 g/mol. The molecule has 0 amide bonds. The van der Waals surface area contributed by atoms with Crippen LogP contribution in [0.5, 0.6) is 0 Å². The minimum atomic E-state index is -0.000125. The van der Waals surface area contributed by atoms with Crippen molar-refractivity contribution in [2.75, 3.05) is 13.1 Å². The minimum Gasteiger partial charge on any atom is -0.393 e. The van der Waals surface area contributed by atoms with Gasteiger partial charge in [0.1, 0.15) is 0 Å². The fourth-order valence-corrected chi connectivity index (χ4v) is 2.00. The van der Waals surface area contributed by atoms with Crippen molar-refractivity contribution in [1.29, 1.82) is 0 Å². The van der Waals surface area contributed by atoms with Crippen LogP contribution in [-0.2, 0) is 0 Å². The lowest BCUT2D eigenvalue weighted by atomic mass is 9.82. The van der Waals surface area contributed by atoms with Crippen molar-refractivity contribution in [3.63, 3.8) is 0 Å². The molecule has 1 fully saturated rings. The molecule has 0 heterocycles. The fraction of sp³-hybridized carbons (Fsp3) is 1.00. The van der Waals surface area contributed by atoms with E-state index in [0.29, 0.717) is 0 Å². The van der Waals surface area contributed by atoms with Gasteiger partial charge in [0.05, 0.1) is 6.10 Å². The maximum absolute atomic E-state index is 9.08. The summed E-state index contributed by atoms with van der Waals surface area (Å²) < 4.78 is 0. The lowest BCUT2D eigenvalue weighted by molar-refractivity contribution is 0.0428. The molecule has 1 aliphatic rings. The molecular formula is C11H23NO. The standard InChI is InChI=1S/C11H23NO/c1-3-4-9(2)7-12-8-10-5-11(13)6-10/h9-13H,3-8H2,1-2H3. The molecule has 2 N–H and O–H groups in total. The topological polar surface area (TPSA) is 32.3 Å². The summed E-state index contributed by atoms with van der Waals surface area (Å²) in [6.07, 6.45) is 4.62. The minimum absolute atomic E-state index is 0.000125. The van der Waals surface area contributed by atoms with E-state index < -0.39 is 0 Å². The summed E-state index contributed by atoms with van der Waals surface area (Å²) in [6, 6.07) is 0. The highest BCUT2D eigenvalue weighted by Crippen LogP contribution is 2.26. The van der Waals surface area contributed by atoms with Gasteiger partial charge in [0.15, 0.2) is 0 Å². The maximum atomic E-state index is 9.08. The van der Waals surface area contributed by atoms with Gasteiger partial charge in [-0.25, -0.2) is 0 Å². The SMILES string of the molecule is CCCC(C)CNCC1CC(O)C1. The predicted octanol–water partition coefficient (Wildman–Crippen LogP) is 1.78. The van der Waals surface area contributed by atoms with Crippen LogP contribution >= 0.6 is 0 Å². The maximum Gasteiger partial charge on any atom is 0.0546 e.